The normalized spacial score (nSPS) is 25.3. The van der Waals surface area contributed by atoms with E-state index in [9.17, 15) is 9.59 Å². The van der Waals surface area contributed by atoms with Gasteiger partial charge in [0.1, 0.15) is 5.60 Å². The maximum atomic E-state index is 12.3. The van der Waals surface area contributed by atoms with E-state index in [-0.39, 0.29) is 17.6 Å². The molecule has 3 atom stereocenters. The van der Waals surface area contributed by atoms with Crippen molar-refractivity contribution in [2.24, 2.45) is 17.6 Å². The van der Waals surface area contributed by atoms with Crippen molar-refractivity contribution in [2.45, 2.75) is 58.7 Å². The standard InChI is InChI=1S/C14H26N2O3/c1-8(2)6-10(12(17)14(5)7-19-14)16-13(18)11(15)9(3)4/h8-11H,6-7,15H2,1-5H3,(H,16,18)/t10-,11-,14+/m0/s1. The van der Waals surface area contributed by atoms with Crippen LogP contribution in [-0.4, -0.2) is 36.0 Å². The lowest BCUT2D eigenvalue weighted by atomic mass is 9.93. The van der Waals surface area contributed by atoms with Gasteiger partial charge in [-0.2, -0.15) is 0 Å². The first-order valence-electron chi connectivity index (χ1n) is 6.91. The first kappa shape index (κ1) is 16.1. The Bertz CT molecular complexity index is 349. The van der Waals surface area contributed by atoms with Gasteiger partial charge in [-0.25, -0.2) is 0 Å². The summed E-state index contributed by atoms with van der Waals surface area (Å²) in [5.74, 6) is 0.0400. The highest BCUT2D eigenvalue weighted by Gasteiger charge is 2.50. The van der Waals surface area contributed by atoms with Crippen LogP contribution in [0.1, 0.15) is 41.0 Å². The predicted molar refractivity (Wildman–Crippen MR) is 73.6 cm³/mol. The molecule has 0 aromatic carbocycles. The minimum Gasteiger partial charge on any atom is -0.361 e. The fourth-order valence-electron chi connectivity index (χ4n) is 1.89. The number of nitrogens with two attached hydrogens (primary N) is 1. The number of hydrogen-bond donors (Lipinski definition) is 2. The maximum Gasteiger partial charge on any atom is 0.237 e. The van der Waals surface area contributed by atoms with Crippen LogP contribution in [0.5, 0.6) is 0 Å². The number of ether oxygens (including phenoxy) is 1. The Morgan fingerprint density at radius 1 is 1.32 bits per heavy atom. The average Bonchev–Trinajstić information content (AvgIpc) is 3.04. The molecule has 5 nitrogen and oxygen atoms in total. The summed E-state index contributed by atoms with van der Waals surface area (Å²) >= 11 is 0. The zero-order chi connectivity index (χ0) is 14.8. The number of ketones is 1. The second kappa shape index (κ2) is 6.01. The van der Waals surface area contributed by atoms with Crippen molar-refractivity contribution < 1.29 is 14.3 Å². The van der Waals surface area contributed by atoms with Crippen LogP contribution in [0.25, 0.3) is 0 Å². The Morgan fingerprint density at radius 2 is 1.84 bits per heavy atom. The first-order chi connectivity index (χ1) is 8.67. The summed E-state index contributed by atoms with van der Waals surface area (Å²) in [7, 11) is 0. The quantitative estimate of drug-likeness (QED) is 0.672. The van der Waals surface area contributed by atoms with E-state index >= 15 is 0 Å². The van der Waals surface area contributed by atoms with Gasteiger partial charge in [0.05, 0.1) is 18.7 Å². The lowest BCUT2D eigenvalue weighted by molar-refractivity contribution is -0.131. The second-order valence-electron chi connectivity index (χ2n) is 6.34. The lowest BCUT2D eigenvalue weighted by Crippen LogP contribution is -2.53. The fourth-order valence-corrected chi connectivity index (χ4v) is 1.89. The Hall–Kier alpha value is -0.940. The number of carbonyl (C=O) groups is 2. The predicted octanol–water partition coefficient (Wildman–Crippen LogP) is 0.859. The van der Waals surface area contributed by atoms with E-state index in [0.717, 1.165) is 0 Å². The third-order valence-corrected chi connectivity index (χ3v) is 3.46. The Morgan fingerprint density at radius 3 is 2.21 bits per heavy atom. The third kappa shape index (κ3) is 4.28. The van der Waals surface area contributed by atoms with Crippen molar-refractivity contribution in [3.63, 3.8) is 0 Å². The molecule has 0 aromatic rings. The average molecular weight is 270 g/mol. The van der Waals surface area contributed by atoms with Gasteiger partial charge in [0.25, 0.3) is 0 Å². The van der Waals surface area contributed by atoms with Gasteiger partial charge in [0.2, 0.25) is 5.91 Å². The van der Waals surface area contributed by atoms with E-state index in [1.165, 1.54) is 0 Å². The lowest BCUT2D eigenvalue weighted by Gasteiger charge is -2.24. The molecular formula is C14H26N2O3. The zero-order valence-corrected chi connectivity index (χ0v) is 12.5. The highest BCUT2D eigenvalue weighted by Crippen LogP contribution is 2.29. The number of nitrogens with one attached hydrogen (secondary N) is 1. The highest BCUT2D eigenvalue weighted by atomic mass is 16.6. The third-order valence-electron chi connectivity index (χ3n) is 3.46. The molecular weight excluding hydrogens is 244 g/mol. The molecule has 0 bridgehead atoms. The van der Waals surface area contributed by atoms with Crippen molar-refractivity contribution in [1.29, 1.82) is 0 Å². The van der Waals surface area contributed by atoms with Gasteiger partial charge in [-0.3, -0.25) is 9.59 Å². The molecule has 0 aromatic heterocycles. The molecule has 3 N–H and O–H groups in total. The summed E-state index contributed by atoms with van der Waals surface area (Å²) in [6.07, 6.45) is 0.605. The van der Waals surface area contributed by atoms with Gasteiger partial charge in [0, 0.05) is 0 Å². The van der Waals surface area contributed by atoms with Gasteiger partial charge in [-0.1, -0.05) is 27.7 Å². The van der Waals surface area contributed by atoms with Crippen LogP contribution in [0.4, 0.5) is 0 Å². The van der Waals surface area contributed by atoms with E-state index < -0.39 is 17.7 Å². The molecule has 1 rings (SSSR count). The summed E-state index contributed by atoms with van der Waals surface area (Å²) in [6, 6.07) is -1.10. The number of carbonyl (C=O) groups excluding carboxylic acids is 2. The minimum atomic E-state index is -0.714. The molecule has 19 heavy (non-hydrogen) atoms. The molecule has 1 heterocycles. The number of Topliss-reactive ketones (excluding diaryl/α,β-unsaturated/α-hetero) is 1. The van der Waals surface area contributed by atoms with Crippen molar-refractivity contribution in [3.05, 3.63) is 0 Å². The largest absolute Gasteiger partial charge is 0.361 e. The van der Waals surface area contributed by atoms with E-state index in [0.29, 0.717) is 18.9 Å². The van der Waals surface area contributed by atoms with Crippen molar-refractivity contribution in [1.82, 2.24) is 5.32 Å². The monoisotopic (exact) mass is 270 g/mol. The molecule has 0 aliphatic carbocycles. The molecule has 1 amide bonds. The second-order valence-corrected chi connectivity index (χ2v) is 6.34. The van der Waals surface area contributed by atoms with Crippen LogP contribution < -0.4 is 11.1 Å². The smallest absolute Gasteiger partial charge is 0.237 e. The summed E-state index contributed by atoms with van der Waals surface area (Å²) in [4.78, 5) is 24.3. The van der Waals surface area contributed by atoms with E-state index in [1.807, 2.05) is 27.7 Å². The van der Waals surface area contributed by atoms with Crippen LogP contribution in [-0.2, 0) is 14.3 Å². The van der Waals surface area contributed by atoms with Crippen LogP contribution in [0.2, 0.25) is 0 Å². The number of amides is 1. The van der Waals surface area contributed by atoms with Crippen molar-refractivity contribution >= 4 is 11.7 Å². The maximum absolute atomic E-state index is 12.3. The van der Waals surface area contributed by atoms with Crippen LogP contribution in [0.15, 0.2) is 0 Å². The summed E-state index contributed by atoms with van der Waals surface area (Å²) in [5, 5.41) is 2.78. The number of hydrogen-bond acceptors (Lipinski definition) is 4. The van der Waals surface area contributed by atoms with Crippen molar-refractivity contribution in [2.75, 3.05) is 6.61 Å². The molecule has 0 radical (unpaired) electrons. The summed E-state index contributed by atoms with van der Waals surface area (Å²) in [6.45, 7) is 10.0. The zero-order valence-electron chi connectivity index (χ0n) is 12.5. The van der Waals surface area contributed by atoms with Crippen LogP contribution in [0, 0.1) is 11.8 Å². The molecule has 1 saturated heterocycles. The molecule has 0 saturated carbocycles. The molecule has 1 fully saturated rings. The number of epoxide rings is 1. The van der Waals surface area contributed by atoms with E-state index in [2.05, 4.69) is 5.32 Å². The van der Waals surface area contributed by atoms with Crippen LogP contribution in [0.3, 0.4) is 0 Å². The number of rotatable bonds is 7. The van der Waals surface area contributed by atoms with Gasteiger partial charge in [-0.05, 0) is 25.2 Å². The van der Waals surface area contributed by atoms with Gasteiger partial charge < -0.3 is 15.8 Å². The topological polar surface area (TPSA) is 84.7 Å². The van der Waals surface area contributed by atoms with Crippen molar-refractivity contribution in [3.8, 4) is 0 Å². The SMILES string of the molecule is CC(C)C[C@H](NC(=O)[C@@H](N)C(C)C)C(=O)[C@@]1(C)CO1. The van der Waals surface area contributed by atoms with Gasteiger partial charge in [-0.15, -0.1) is 0 Å². The highest BCUT2D eigenvalue weighted by molar-refractivity contribution is 5.97. The Kier molecular flexibility index (Phi) is 5.10. The van der Waals surface area contributed by atoms with Gasteiger partial charge >= 0.3 is 0 Å². The van der Waals surface area contributed by atoms with Gasteiger partial charge in [0.15, 0.2) is 5.78 Å². The first-order valence-corrected chi connectivity index (χ1v) is 6.91. The van der Waals surface area contributed by atoms with E-state index in [1.54, 1.807) is 6.92 Å². The summed E-state index contributed by atoms with van der Waals surface area (Å²) < 4.78 is 5.18. The Balaban J connectivity index is 2.69. The Labute approximate surface area is 115 Å². The minimum absolute atomic E-state index is 0.0440. The summed E-state index contributed by atoms with van der Waals surface area (Å²) in [5.41, 5.74) is 5.10. The molecule has 1 aliphatic rings. The molecule has 110 valence electrons. The molecule has 0 unspecified atom stereocenters. The molecule has 5 heteroatoms. The molecule has 1 aliphatic heterocycles. The van der Waals surface area contributed by atoms with Crippen LogP contribution >= 0.6 is 0 Å². The fraction of sp³-hybridized carbons (Fsp3) is 0.857. The van der Waals surface area contributed by atoms with E-state index in [4.69, 9.17) is 10.5 Å². The molecule has 0 spiro atoms.